The van der Waals surface area contributed by atoms with Gasteiger partial charge in [-0.1, -0.05) is 15.9 Å². The molecule has 1 atom stereocenters. The lowest BCUT2D eigenvalue weighted by molar-refractivity contribution is -0.129. The fourth-order valence-corrected chi connectivity index (χ4v) is 3.14. The van der Waals surface area contributed by atoms with Gasteiger partial charge in [-0.2, -0.15) is 0 Å². The third-order valence-electron chi connectivity index (χ3n) is 3.69. The number of nitrogens with zero attached hydrogens (tertiary/aromatic N) is 1. The van der Waals surface area contributed by atoms with Crippen LogP contribution in [0, 0.1) is 5.92 Å². The molecule has 1 heterocycles. The van der Waals surface area contributed by atoms with Gasteiger partial charge in [0.15, 0.2) is 0 Å². The SMILES string of the molecule is O=C1C(Br)CCN1C1CCC(CO)CC1. The molecule has 0 spiro atoms. The molecule has 2 fully saturated rings. The van der Waals surface area contributed by atoms with Crippen LogP contribution in [0.25, 0.3) is 0 Å². The van der Waals surface area contributed by atoms with Gasteiger partial charge in [0.1, 0.15) is 0 Å². The molecule has 2 rings (SSSR count). The average Bonchev–Trinajstić information content (AvgIpc) is 2.60. The van der Waals surface area contributed by atoms with E-state index in [1.807, 2.05) is 4.90 Å². The first-order chi connectivity index (χ1) is 7.22. The Morgan fingerprint density at radius 2 is 1.93 bits per heavy atom. The lowest BCUT2D eigenvalue weighted by Gasteiger charge is -2.34. The van der Waals surface area contributed by atoms with Gasteiger partial charge in [-0.15, -0.1) is 0 Å². The Balaban J connectivity index is 1.88. The van der Waals surface area contributed by atoms with Crippen molar-refractivity contribution in [3.05, 3.63) is 0 Å². The number of halogens is 1. The Labute approximate surface area is 99.0 Å². The fraction of sp³-hybridized carbons (Fsp3) is 0.909. The first-order valence-electron chi connectivity index (χ1n) is 5.77. The van der Waals surface area contributed by atoms with Gasteiger partial charge in [-0.05, 0) is 38.0 Å². The van der Waals surface area contributed by atoms with Crippen LogP contribution < -0.4 is 0 Å². The summed E-state index contributed by atoms with van der Waals surface area (Å²) in [6.07, 6.45) is 5.21. The lowest BCUT2D eigenvalue weighted by atomic mass is 9.86. The average molecular weight is 276 g/mol. The molecule has 0 aromatic rings. The molecule has 4 heteroatoms. The number of hydrogen-bond donors (Lipinski definition) is 1. The molecule has 3 nitrogen and oxygen atoms in total. The predicted octanol–water partition coefficient (Wildman–Crippen LogP) is 1.53. The lowest BCUT2D eigenvalue weighted by Crippen LogP contribution is -2.40. The van der Waals surface area contributed by atoms with Crippen LogP contribution in [0.1, 0.15) is 32.1 Å². The molecule has 1 aliphatic heterocycles. The Kier molecular flexibility index (Phi) is 3.67. The highest BCUT2D eigenvalue weighted by atomic mass is 79.9. The van der Waals surface area contributed by atoms with E-state index >= 15 is 0 Å². The van der Waals surface area contributed by atoms with Gasteiger partial charge in [0.05, 0.1) is 4.83 Å². The molecule has 1 saturated carbocycles. The van der Waals surface area contributed by atoms with Crippen molar-refractivity contribution in [1.82, 2.24) is 4.90 Å². The molecule has 1 unspecified atom stereocenters. The van der Waals surface area contributed by atoms with E-state index in [0.29, 0.717) is 18.6 Å². The standard InChI is InChI=1S/C11H18BrNO2/c12-10-5-6-13(11(10)15)9-3-1-8(7-14)2-4-9/h8-10,14H,1-7H2. The monoisotopic (exact) mass is 275 g/mol. The van der Waals surface area contributed by atoms with Crippen molar-refractivity contribution in [2.75, 3.05) is 13.2 Å². The number of hydrogen-bond acceptors (Lipinski definition) is 2. The molecule has 0 radical (unpaired) electrons. The summed E-state index contributed by atoms with van der Waals surface area (Å²) in [5, 5.41) is 9.05. The molecule has 1 amide bonds. The smallest absolute Gasteiger partial charge is 0.236 e. The van der Waals surface area contributed by atoms with Crippen LogP contribution in [0.5, 0.6) is 0 Å². The summed E-state index contributed by atoms with van der Waals surface area (Å²) in [5.41, 5.74) is 0. The quantitative estimate of drug-likeness (QED) is 0.777. The van der Waals surface area contributed by atoms with Crippen molar-refractivity contribution in [1.29, 1.82) is 0 Å². The number of carbonyl (C=O) groups is 1. The highest BCUT2D eigenvalue weighted by Crippen LogP contribution is 2.31. The molecular formula is C11H18BrNO2. The van der Waals surface area contributed by atoms with Gasteiger partial charge in [-0.3, -0.25) is 4.79 Å². The second-order valence-corrected chi connectivity index (χ2v) is 5.75. The largest absolute Gasteiger partial charge is 0.396 e. The Morgan fingerprint density at radius 3 is 2.40 bits per heavy atom. The van der Waals surface area contributed by atoms with Gasteiger partial charge in [0, 0.05) is 19.2 Å². The number of aliphatic hydroxyl groups excluding tert-OH is 1. The number of carbonyl (C=O) groups excluding carboxylic acids is 1. The minimum absolute atomic E-state index is 0.0491. The van der Waals surface area contributed by atoms with Crippen molar-refractivity contribution in [3.8, 4) is 0 Å². The van der Waals surface area contributed by atoms with Gasteiger partial charge >= 0.3 is 0 Å². The Morgan fingerprint density at radius 1 is 1.27 bits per heavy atom. The van der Waals surface area contributed by atoms with Crippen LogP contribution in [0.3, 0.4) is 0 Å². The molecule has 86 valence electrons. The third-order valence-corrected chi connectivity index (χ3v) is 4.54. The fourth-order valence-electron chi connectivity index (χ4n) is 2.67. The summed E-state index contributed by atoms with van der Waals surface area (Å²) in [5.74, 6) is 0.737. The summed E-state index contributed by atoms with van der Waals surface area (Å²) in [4.78, 5) is 13.9. The van der Waals surface area contributed by atoms with Crippen LogP contribution in [0.2, 0.25) is 0 Å². The summed E-state index contributed by atoms with van der Waals surface area (Å²) in [7, 11) is 0. The minimum atomic E-state index is 0.0491. The maximum Gasteiger partial charge on any atom is 0.236 e. The van der Waals surface area contributed by atoms with Gasteiger partial charge in [-0.25, -0.2) is 0 Å². The van der Waals surface area contributed by atoms with E-state index in [2.05, 4.69) is 15.9 Å². The number of likely N-dealkylation sites (tertiary alicyclic amines) is 1. The molecule has 2 aliphatic rings. The first kappa shape index (κ1) is 11.4. The minimum Gasteiger partial charge on any atom is -0.396 e. The Hall–Kier alpha value is -0.0900. The van der Waals surface area contributed by atoms with Crippen molar-refractivity contribution in [3.63, 3.8) is 0 Å². The van der Waals surface area contributed by atoms with Gasteiger partial charge < -0.3 is 10.0 Å². The first-order valence-corrected chi connectivity index (χ1v) is 6.69. The second-order valence-electron chi connectivity index (χ2n) is 4.64. The summed E-state index contributed by atoms with van der Waals surface area (Å²) in [6.45, 7) is 1.21. The molecule has 0 aromatic carbocycles. The molecule has 0 bridgehead atoms. The number of alkyl halides is 1. The molecule has 15 heavy (non-hydrogen) atoms. The molecular weight excluding hydrogens is 258 g/mol. The zero-order valence-corrected chi connectivity index (χ0v) is 10.4. The molecule has 0 aromatic heterocycles. The van der Waals surface area contributed by atoms with Crippen molar-refractivity contribution in [2.24, 2.45) is 5.92 Å². The van der Waals surface area contributed by atoms with Gasteiger partial charge in [0.25, 0.3) is 0 Å². The molecule has 1 aliphatic carbocycles. The van der Waals surface area contributed by atoms with Crippen LogP contribution in [0.15, 0.2) is 0 Å². The van der Waals surface area contributed by atoms with E-state index < -0.39 is 0 Å². The van der Waals surface area contributed by atoms with E-state index in [1.165, 1.54) is 0 Å². The van der Waals surface area contributed by atoms with Gasteiger partial charge in [0.2, 0.25) is 5.91 Å². The van der Waals surface area contributed by atoms with Crippen LogP contribution in [-0.4, -0.2) is 39.9 Å². The van der Waals surface area contributed by atoms with E-state index in [4.69, 9.17) is 5.11 Å². The van der Waals surface area contributed by atoms with Crippen molar-refractivity contribution in [2.45, 2.75) is 43.0 Å². The summed E-state index contributed by atoms with van der Waals surface area (Å²) < 4.78 is 0. The second kappa shape index (κ2) is 4.83. The normalized spacial score (nSPS) is 37.3. The number of rotatable bonds is 2. The van der Waals surface area contributed by atoms with Crippen molar-refractivity contribution >= 4 is 21.8 Å². The highest BCUT2D eigenvalue weighted by Gasteiger charge is 2.35. The van der Waals surface area contributed by atoms with E-state index in [-0.39, 0.29) is 10.7 Å². The maximum absolute atomic E-state index is 11.8. The van der Waals surface area contributed by atoms with Crippen LogP contribution >= 0.6 is 15.9 Å². The topological polar surface area (TPSA) is 40.5 Å². The zero-order chi connectivity index (χ0) is 10.8. The van der Waals surface area contributed by atoms with E-state index in [9.17, 15) is 4.79 Å². The summed E-state index contributed by atoms with van der Waals surface area (Å²) >= 11 is 3.40. The third kappa shape index (κ3) is 2.36. The number of amides is 1. The molecule has 1 N–H and O–H groups in total. The summed E-state index contributed by atoms with van der Waals surface area (Å²) in [6, 6.07) is 0.433. The van der Waals surface area contributed by atoms with Crippen LogP contribution in [-0.2, 0) is 4.79 Å². The van der Waals surface area contributed by atoms with Crippen LogP contribution in [0.4, 0.5) is 0 Å². The van der Waals surface area contributed by atoms with E-state index in [0.717, 1.165) is 38.6 Å². The molecule has 1 saturated heterocycles. The Bertz CT molecular complexity index is 239. The van der Waals surface area contributed by atoms with Crippen molar-refractivity contribution < 1.29 is 9.90 Å². The number of aliphatic hydroxyl groups is 1. The highest BCUT2D eigenvalue weighted by molar-refractivity contribution is 9.10. The van der Waals surface area contributed by atoms with E-state index in [1.54, 1.807) is 0 Å². The maximum atomic E-state index is 11.8. The predicted molar refractivity (Wildman–Crippen MR) is 61.9 cm³/mol. The zero-order valence-electron chi connectivity index (χ0n) is 8.86.